The van der Waals surface area contributed by atoms with Crippen LogP contribution in [0.15, 0.2) is 4.99 Å². The van der Waals surface area contributed by atoms with Gasteiger partial charge in [-0.05, 0) is 39.5 Å². The van der Waals surface area contributed by atoms with E-state index in [2.05, 4.69) is 20.9 Å². The number of carbonyl (C=O) groups excluding carboxylic acids is 1. The molecule has 1 atom stereocenters. The lowest BCUT2D eigenvalue weighted by molar-refractivity contribution is 0.0268. The second-order valence-electron chi connectivity index (χ2n) is 6.08. The summed E-state index contributed by atoms with van der Waals surface area (Å²) in [6.07, 6.45) is 1.92. The number of guanidine groups is 1. The molecule has 1 aliphatic carbocycles. The van der Waals surface area contributed by atoms with Crippen LogP contribution in [0.25, 0.3) is 0 Å². The smallest absolute Gasteiger partial charge is 0.407 e. The number of amides is 1. The van der Waals surface area contributed by atoms with Gasteiger partial charge in [0, 0.05) is 27.2 Å². The third-order valence-electron chi connectivity index (χ3n) is 3.72. The van der Waals surface area contributed by atoms with Gasteiger partial charge < -0.3 is 25.4 Å². The quantitative estimate of drug-likeness (QED) is 0.303. The molecule has 3 N–H and O–H groups in total. The Kier molecular flexibility index (Phi) is 10.5. The summed E-state index contributed by atoms with van der Waals surface area (Å²) in [6, 6.07) is 0.0630. The number of hydrogen-bond donors (Lipinski definition) is 3. The highest BCUT2D eigenvalue weighted by Crippen LogP contribution is 2.32. The molecule has 0 aromatic carbocycles. The van der Waals surface area contributed by atoms with E-state index in [-0.39, 0.29) is 41.7 Å². The van der Waals surface area contributed by atoms with E-state index in [0.29, 0.717) is 31.6 Å². The molecule has 1 unspecified atom stereocenters. The Balaban J connectivity index is 0.00000484. The minimum Gasteiger partial charge on any atom is -0.450 e. The van der Waals surface area contributed by atoms with Crippen molar-refractivity contribution in [3.05, 3.63) is 0 Å². The van der Waals surface area contributed by atoms with Crippen molar-refractivity contribution in [2.75, 3.05) is 33.9 Å². The highest BCUT2D eigenvalue weighted by atomic mass is 127. The Bertz CT molecular complexity index is 387. The fraction of sp³-hybridized carbons (Fsp3) is 0.867. The fourth-order valence-corrected chi connectivity index (χ4v) is 1.95. The van der Waals surface area contributed by atoms with Crippen molar-refractivity contribution in [2.24, 2.45) is 10.9 Å². The molecule has 1 saturated carbocycles. The molecular weight excluding hydrogens is 411 g/mol. The molecule has 0 aromatic rings. The molecule has 23 heavy (non-hydrogen) atoms. The number of alkyl carbamates (subject to hydrolysis) is 1. The summed E-state index contributed by atoms with van der Waals surface area (Å²) in [6.45, 7) is 7.45. The van der Waals surface area contributed by atoms with Gasteiger partial charge in [0.05, 0.1) is 18.2 Å². The van der Waals surface area contributed by atoms with Crippen LogP contribution in [0.4, 0.5) is 4.79 Å². The lowest BCUT2D eigenvalue weighted by Crippen LogP contribution is -2.50. The Hall–Kier alpha value is -0.770. The maximum absolute atomic E-state index is 11.6. The first kappa shape index (κ1) is 22.2. The van der Waals surface area contributed by atoms with Crippen LogP contribution in [-0.4, -0.2) is 57.5 Å². The average Bonchev–Trinajstić information content (AvgIpc) is 3.31. The molecule has 0 radical (unpaired) electrons. The standard InChI is InChI=1S/C15H30N4O3.HI/c1-6-22-14(20)19-12(11-7-8-11)9-17-13(16-4)18-10-15(2,3)21-5;/h11-12H,6-10H2,1-5H3,(H,19,20)(H2,16,17,18);1H. The Morgan fingerprint density at radius 2 is 2.00 bits per heavy atom. The Labute approximate surface area is 156 Å². The summed E-state index contributed by atoms with van der Waals surface area (Å²) in [5, 5.41) is 9.38. The number of ether oxygens (including phenoxy) is 2. The molecule has 7 nitrogen and oxygen atoms in total. The summed E-state index contributed by atoms with van der Waals surface area (Å²) in [7, 11) is 3.41. The van der Waals surface area contributed by atoms with Crippen molar-refractivity contribution >= 4 is 36.0 Å². The monoisotopic (exact) mass is 442 g/mol. The van der Waals surface area contributed by atoms with E-state index in [1.54, 1.807) is 21.1 Å². The van der Waals surface area contributed by atoms with E-state index in [1.807, 2.05) is 13.8 Å². The van der Waals surface area contributed by atoms with E-state index >= 15 is 0 Å². The van der Waals surface area contributed by atoms with Crippen molar-refractivity contribution in [3.63, 3.8) is 0 Å². The maximum atomic E-state index is 11.6. The van der Waals surface area contributed by atoms with Gasteiger partial charge in [0.2, 0.25) is 0 Å². The first-order valence-electron chi connectivity index (χ1n) is 7.84. The van der Waals surface area contributed by atoms with E-state index < -0.39 is 0 Å². The van der Waals surface area contributed by atoms with Gasteiger partial charge >= 0.3 is 6.09 Å². The van der Waals surface area contributed by atoms with Crippen LogP contribution < -0.4 is 16.0 Å². The van der Waals surface area contributed by atoms with E-state index in [0.717, 1.165) is 12.8 Å². The van der Waals surface area contributed by atoms with Crippen LogP contribution in [0, 0.1) is 5.92 Å². The molecule has 0 aliphatic heterocycles. The topological polar surface area (TPSA) is 84.0 Å². The normalized spacial score (nSPS) is 16.1. The molecular formula is C15H31IN4O3. The number of hydrogen-bond acceptors (Lipinski definition) is 4. The molecule has 1 fully saturated rings. The third-order valence-corrected chi connectivity index (χ3v) is 3.72. The number of aliphatic imine (C=N–C) groups is 1. The summed E-state index contributed by atoms with van der Waals surface area (Å²) in [4.78, 5) is 15.8. The summed E-state index contributed by atoms with van der Waals surface area (Å²) >= 11 is 0. The highest BCUT2D eigenvalue weighted by molar-refractivity contribution is 14.0. The predicted molar refractivity (Wildman–Crippen MR) is 103 cm³/mol. The van der Waals surface area contributed by atoms with Gasteiger partial charge in [-0.3, -0.25) is 4.99 Å². The van der Waals surface area contributed by atoms with Crippen LogP contribution in [0.3, 0.4) is 0 Å². The van der Waals surface area contributed by atoms with Crippen molar-refractivity contribution in [2.45, 2.75) is 45.3 Å². The third kappa shape index (κ3) is 9.19. The summed E-state index contributed by atoms with van der Waals surface area (Å²) in [5.41, 5.74) is -0.267. The van der Waals surface area contributed by atoms with E-state index in [9.17, 15) is 4.79 Å². The number of nitrogens with zero attached hydrogens (tertiary/aromatic N) is 1. The zero-order valence-electron chi connectivity index (χ0n) is 14.8. The van der Waals surface area contributed by atoms with Gasteiger partial charge in [-0.25, -0.2) is 4.79 Å². The fourth-order valence-electron chi connectivity index (χ4n) is 1.95. The highest BCUT2D eigenvalue weighted by Gasteiger charge is 2.32. The SMILES string of the molecule is CCOC(=O)NC(CNC(=NC)NCC(C)(C)OC)C1CC1.I. The van der Waals surface area contributed by atoms with Crippen LogP contribution in [0.2, 0.25) is 0 Å². The molecule has 1 amide bonds. The molecule has 0 saturated heterocycles. The van der Waals surface area contributed by atoms with Crippen molar-refractivity contribution in [1.29, 1.82) is 0 Å². The molecule has 8 heteroatoms. The molecule has 0 aromatic heterocycles. The maximum Gasteiger partial charge on any atom is 0.407 e. The van der Waals surface area contributed by atoms with Crippen molar-refractivity contribution in [3.8, 4) is 0 Å². The number of nitrogens with one attached hydrogen (secondary N) is 3. The number of halogens is 1. The van der Waals surface area contributed by atoms with Crippen LogP contribution in [0.1, 0.15) is 33.6 Å². The van der Waals surface area contributed by atoms with E-state index in [1.165, 1.54) is 0 Å². The average molecular weight is 442 g/mol. The van der Waals surface area contributed by atoms with E-state index in [4.69, 9.17) is 9.47 Å². The first-order chi connectivity index (χ1) is 10.4. The Morgan fingerprint density at radius 3 is 2.48 bits per heavy atom. The number of methoxy groups -OCH3 is 1. The zero-order valence-corrected chi connectivity index (χ0v) is 17.1. The minimum absolute atomic E-state index is 0. The lowest BCUT2D eigenvalue weighted by Gasteiger charge is -2.25. The van der Waals surface area contributed by atoms with Gasteiger partial charge in [0.1, 0.15) is 0 Å². The van der Waals surface area contributed by atoms with Gasteiger partial charge in [0.25, 0.3) is 0 Å². The van der Waals surface area contributed by atoms with Crippen molar-refractivity contribution in [1.82, 2.24) is 16.0 Å². The number of carbonyl (C=O) groups is 1. The summed E-state index contributed by atoms with van der Waals surface area (Å²) in [5.74, 6) is 1.21. The molecule has 1 rings (SSSR count). The van der Waals surface area contributed by atoms with Gasteiger partial charge in [-0.15, -0.1) is 24.0 Å². The van der Waals surface area contributed by atoms with Gasteiger partial charge in [-0.2, -0.15) is 0 Å². The van der Waals surface area contributed by atoms with Crippen LogP contribution in [-0.2, 0) is 9.47 Å². The molecule has 0 bridgehead atoms. The molecule has 136 valence electrons. The van der Waals surface area contributed by atoms with Crippen LogP contribution in [0.5, 0.6) is 0 Å². The van der Waals surface area contributed by atoms with Crippen LogP contribution >= 0.6 is 24.0 Å². The van der Waals surface area contributed by atoms with Gasteiger partial charge in [-0.1, -0.05) is 0 Å². The second-order valence-corrected chi connectivity index (χ2v) is 6.08. The zero-order chi connectivity index (χ0) is 16.6. The Morgan fingerprint density at radius 1 is 1.35 bits per heavy atom. The number of rotatable bonds is 8. The molecule has 1 aliphatic rings. The largest absolute Gasteiger partial charge is 0.450 e. The molecule has 0 heterocycles. The minimum atomic E-state index is -0.357. The van der Waals surface area contributed by atoms with Crippen molar-refractivity contribution < 1.29 is 14.3 Å². The predicted octanol–water partition coefficient (Wildman–Crippen LogP) is 1.72. The van der Waals surface area contributed by atoms with Gasteiger partial charge in [0.15, 0.2) is 5.96 Å². The molecule has 0 spiro atoms. The summed E-state index contributed by atoms with van der Waals surface area (Å²) < 4.78 is 10.3. The lowest BCUT2D eigenvalue weighted by atomic mass is 10.1. The first-order valence-corrected chi connectivity index (χ1v) is 7.84. The second kappa shape index (κ2) is 10.9.